The average molecular weight is 470 g/mol. The van der Waals surface area contributed by atoms with Crippen LogP contribution in [0.25, 0.3) is 10.9 Å². The smallest absolute Gasteiger partial charge is 0.264 e. The van der Waals surface area contributed by atoms with E-state index in [-0.39, 0.29) is 24.9 Å². The van der Waals surface area contributed by atoms with Gasteiger partial charge in [0.25, 0.3) is 10.1 Å². The maximum atomic E-state index is 12.1. The fourth-order valence-electron chi connectivity index (χ4n) is 3.03. The van der Waals surface area contributed by atoms with Crippen LogP contribution in [0.15, 0.2) is 10.5 Å². The van der Waals surface area contributed by atoms with Crippen LogP contribution >= 0.6 is 39.1 Å². The van der Waals surface area contributed by atoms with Crippen LogP contribution in [0.4, 0.5) is 0 Å². The molecule has 0 fully saturated rings. The molecule has 1 unspecified atom stereocenters. The number of rotatable bonds is 4. The van der Waals surface area contributed by atoms with Crippen LogP contribution in [0, 0.1) is 0 Å². The summed E-state index contributed by atoms with van der Waals surface area (Å²) in [5.41, 5.74) is 2.34. The number of halogens is 3. The summed E-state index contributed by atoms with van der Waals surface area (Å²) in [4.78, 5) is 15.4. The van der Waals surface area contributed by atoms with E-state index in [0.717, 1.165) is 27.4 Å². The number of H-pyrrole nitrogens is 1. The number of amides is 1. The lowest BCUT2D eigenvalue weighted by molar-refractivity contribution is -0.120. The van der Waals surface area contributed by atoms with Gasteiger partial charge in [-0.05, 0) is 18.1 Å². The summed E-state index contributed by atoms with van der Waals surface area (Å²) in [6, 6.07) is 1.70. The molecule has 1 amide bonds. The third-order valence-electron chi connectivity index (χ3n) is 4.11. The van der Waals surface area contributed by atoms with Crippen molar-refractivity contribution in [3.63, 3.8) is 0 Å². The van der Waals surface area contributed by atoms with Crippen molar-refractivity contribution >= 4 is 66.1 Å². The lowest BCUT2D eigenvalue weighted by atomic mass is 9.97. The van der Waals surface area contributed by atoms with Crippen LogP contribution in [0.3, 0.4) is 0 Å². The zero-order valence-electron chi connectivity index (χ0n) is 13.2. The van der Waals surface area contributed by atoms with Crippen molar-refractivity contribution in [1.29, 1.82) is 0 Å². The number of aromatic amines is 1. The Balaban J connectivity index is 2.06. The van der Waals surface area contributed by atoms with Gasteiger partial charge in [-0.25, -0.2) is 0 Å². The highest BCUT2D eigenvalue weighted by molar-refractivity contribution is 9.10. The van der Waals surface area contributed by atoms with Gasteiger partial charge in [-0.2, -0.15) is 8.42 Å². The summed E-state index contributed by atoms with van der Waals surface area (Å²) in [5, 5.41) is 4.45. The summed E-state index contributed by atoms with van der Waals surface area (Å²) < 4.78 is 27.9. The lowest BCUT2D eigenvalue weighted by Crippen LogP contribution is -2.27. The van der Waals surface area contributed by atoms with Crippen molar-refractivity contribution in [3.05, 3.63) is 31.8 Å². The third kappa shape index (κ3) is 3.98. The van der Waals surface area contributed by atoms with Gasteiger partial charge in [0.05, 0.1) is 34.8 Å². The van der Waals surface area contributed by atoms with Crippen molar-refractivity contribution < 1.29 is 17.4 Å². The molecule has 1 atom stereocenters. The molecule has 1 aliphatic heterocycles. The van der Waals surface area contributed by atoms with Gasteiger partial charge in [0.2, 0.25) is 5.91 Å². The van der Waals surface area contributed by atoms with E-state index < -0.39 is 10.1 Å². The first-order valence-corrected chi connectivity index (χ1v) is 10.8. The molecular weight excluding hydrogens is 455 g/mol. The highest BCUT2D eigenvalue weighted by atomic mass is 79.9. The molecule has 1 aliphatic rings. The fraction of sp³-hybridized carbons (Fsp3) is 0.400. The second kappa shape index (κ2) is 7.08. The molecule has 0 saturated carbocycles. The Labute approximate surface area is 163 Å². The standard InChI is InChI=1S/C15H15BrCl2N2O4S/c1-25(22,23)24-3-2-7-6-19-11(21)4-8-12-9(16)5-10(17)13(18)15(12)20-14(7)8/h5,7,20H,2-4,6H2,1H3,(H,19,21). The number of hydrogen-bond donors (Lipinski definition) is 2. The maximum Gasteiger partial charge on any atom is 0.264 e. The van der Waals surface area contributed by atoms with Gasteiger partial charge in [-0.3, -0.25) is 8.98 Å². The first kappa shape index (κ1) is 19.0. The molecule has 2 N–H and O–H groups in total. The Hall–Kier alpha value is -0.800. The van der Waals surface area contributed by atoms with E-state index in [0.29, 0.717) is 28.5 Å². The van der Waals surface area contributed by atoms with Gasteiger partial charge in [0, 0.05) is 28.0 Å². The average Bonchev–Trinajstić information content (AvgIpc) is 2.80. The molecule has 0 saturated heterocycles. The van der Waals surface area contributed by atoms with Gasteiger partial charge in [0.15, 0.2) is 0 Å². The topological polar surface area (TPSA) is 88.3 Å². The summed E-state index contributed by atoms with van der Waals surface area (Å²) in [7, 11) is -3.51. The van der Waals surface area contributed by atoms with E-state index in [9.17, 15) is 13.2 Å². The number of carbonyl (C=O) groups is 1. The van der Waals surface area contributed by atoms with E-state index in [1.165, 1.54) is 0 Å². The van der Waals surface area contributed by atoms with Gasteiger partial charge in [-0.1, -0.05) is 39.1 Å². The molecular formula is C15H15BrCl2N2O4S. The van der Waals surface area contributed by atoms with Crippen LogP contribution < -0.4 is 5.32 Å². The number of benzene rings is 1. The minimum Gasteiger partial charge on any atom is -0.357 e. The van der Waals surface area contributed by atoms with Crippen LogP contribution in [-0.4, -0.2) is 38.7 Å². The number of fused-ring (bicyclic) bond motifs is 3. The molecule has 2 heterocycles. The largest absolute Gasteiger partial charge is 0.357 e. The molecule has 0 radical (unpaired) electrons. The summed E-state index contributed by atoms with van der Waals surface area (Å²) in [6.45, 7) is 0.415. The molecule has 0 bridgehead atoms. The first-order chi connectivity index (χ1) is 11.7. The Morgan fingerprint density at radius 2 is 2.12 bits per heavy atom. The molecule has 1 aromatic carbocycles. The van der Waals surface area contributed by atoms with Crippen molar-refractivity contribution in [3.8, 4) is 0 Å². The van der Waals surface area contributed by atoms with Gasteiger partial charge in [-0.15, -0.1) is 0 Å². The predicted octanol–water partition coefficient (Wildman–Crippen LogP) is 3.36. The molecule has 10 heteroatoms. The molecule has 0 spiro atoms. The lowest BCUT2D eigenvalue weighted by Gasteiger charge is -2.14. The zero-order valence-corrected chi connectivity index (χ0v) is 17.1. The minimum atomic E-state index is -3.51. The Morgan fingerprint density at radius 1 is 1.40 bits per heavy atom. The fourth-order valence-corrected chi connectivity index (χ4v) is 4.63. The Kier molecular flexibility index (Phi) is 5.37. The quantitative estimate of drug-likeness (QED) is 0.530. The summed E-state index contributed by atoms with van der Waals surface area (Å²) in [6.07, 6.45) is 1.64. The molecule has 25 heavy (non-hydrogen) atoms. The normalized spacial score (nSPS) is 18.1. The van der Waals surface area contributed by atoms with E-state index >= 15 is 0 Å². The molecule has 136 valence electrons. The highest BCUT2D eigenvalue weighted by Crippen LogP contribution is 2.41. The second-order valence-corrected chi connectivity index (χ2v) is 9.20. The van der Waals surface area contributed by atoms with Crippen LogP contribution in [0.5, 0.6) is 0 Å². The van der Waals surface area contributed by atoms with Crippen LogP contribution in [0.1, 0.15) is 23.6 Å². The van der Waals surface area contributed by atoms with Crippen LogP contribution in [0.2, 0.25) is 10.0 Å². The van der Waals surface area contributed by atoms with Crippen molar-refractivity contribution in [2.24, 2.45) is 0 Å². The molecule has 3 rings (SSSR count). The first-order valence-electron chi connectivity index (χ1n) is 7.46. The SMILES string of the molecule is CS(=O)(=O)OCCC1CNC(=O)Cc2c1[nH]c1c(Cl)c(Cl)cc(Br)c21. The van der Waals surface area contributed by atoms with E-state index in [1.54, 1.807) is 6.07 Å². The van der Waals surface area contributed by atoms with Crippen molar-refractivity contribution in [1.82, 2.24) is 10.3 Å². The van der Waals surface area contributed by atoms with Crippen molar-refractivity contribution in [2.75, 3.05) is 19.4 Å². The highest BCUT2D eigenvalue weighted by Gasteiger charge is 2.28. The predicted molar refractivity (Wildman–Crippen MR) is 101 cm³/mol. The van der Waals surface area contributed by atoms with Gasteiger partial charge >= 0.3 is 0 Å². The van der Waals surface area contributed by atoms with E-state index in [2.05, 4.69) is 26.2 Å². The van der Waals surface area contributed by atoms with Gasteiger partial charge < -0.3 is 10.3 Å². The van der Waals surface area contributed by atoms with Gasteiger partial charge in [0.1, 0.15) is 0 Å². The second-order valence-electron chi connectivity index (χ2n) is 5.91. The number of carbonyl (C=O) groups excluding carboxylic acids is 1. The summed E-state index contributed by atoms with van der Waals surface area (Å²) in [5.74, 6) is -0.232. The third-order valence-corrected chi connectivity index (χ3v) is 6.12. The summed E-state index contributed by atoms with van der Waals surface area (Å²) >= 11 is 15.9. The molecule has 0 aliphatic carbocycles. The monoisotopic (exact) mass is 468 g/mol. The molecule has 1 aromatic heterocycles. The number of hydrogen-bond acceptors (Lipinski definition) is 4. The molecule has 2 aromatic rings. The van der Waals surface area contributed by atoms with Crippen molar-refractivity contribution in [2.45, 2.75) is 18.8 Å². The maximum absolute atomic E-state index is 12.1. The van der Waals surface area contributed by atoms with E-state index in [4.69, 9.17) is 27.4 Å². The van der Waals surface area contributed by atoms with Crippen LogP contribution in [-0.2, 0) is 25.5 Å². The molecule has 6 nitrogen and oxygen atoms in total. The Morgan fingerprint density at radius 3 is 2.80 bits per heavy atom. The number of aromatic nitrogens is 1. The Bertz CT molecular complexity index is 958. The number of nitrogens with one attached hydrogen (secondary N) is 2. The minimum absolute atomic E-state index is 0.0316. The van der Waals surface area contributed by atoms with E-state index in [1.807, 2.05) is 0 Å². The zero-order chi connectivity index (χ0) is 18.4.